The van der Waals surface area contributed by atoms with Crippen LogP contribution in [-0.4, -0.2) is 21.7 Å². The van der Waals surface area contributed by atoms with E-state index in [1.165, 1.54) is 0 Å². The molecule has 0 aliphatic heterocycles. The fraction of sp³-hybridized carbons (Fsp3) is 0.385. The molecule has 0 radical (unpaired) electrons. The first-order chi connectivity index (χ1) is 9.17. The smallest absolute Gasteiger partial charge is 0.313 e. The van der Waals surface area contributed by atoms with E-state index in [9.17, 15) is 18.7 Å². The molecule has 0 aliphatic carbocycles. The van der Waals surface area contributed by atoms with Crippen LogP contribution < -0.4 is 0 Å². The van der Waals surface area contributed by atoms with Gasteiger partial charge in [0.05, 0.1) is 11.1 Å². The number of aromatic hydroxyl groups is 1. The lowest BCUT2D eigenvalue weighted by atomic mass is 10.2. The molecule has 1 aromatic carbocycles. The van der Waals surface area contributed by atoms with Gasteiger partial charge in [-0.25, -0.2) is 13.8 Å². The van der Waals surface area contributed by atoms with Gasteiger partial charge >= 0.3 is 5.97 Å². The van der Waals surface area contributed by atoms with E-state index in [1.807, 2.05) is 0 Å². The van der Waals surface area contributed by atoms with Crippen molar-refractivity contribution in [3.8, 4) is 5.75 Å². The van der Waals surface area contributed by atoms with E-state index in [-0.39, 0.29) is 21.6 Å². The molecule has 0 saturated carbocycles. The summed E-state index contributed by atoms with van der Waals surface area (Å²) in [7, 11) is 0. The fourth-order valence-corrected chi connectivity index (χ4v) is 2.58. The maximum absolute atomic E-state index is 13.6. The van der Waals surface area contributed by atoms with Crippen molar-refractivity contribution in [3.05, 3.63) is 22.7 Å². The molecular formula is C13H13F2NO3S. The number of fused-ring (bicyclic) bond motifs is 1. The van der Waals surface area contributed by atoms with Gasteiger partial charge in [0.1, 0.15) is 21.9 Å². The molecule has 2 aromatic rings. The zero-order chi connectivity index (χ0) is 15.1. The highest BCUT2D eigenvalue weighted by Gasteiger charge is 2.21. The second-order valence-electron chi connectivity index (χ2n) is 5.24. The fourth-order valence-electron chi connectivity index (χ4n) is 1.62. The number of aromatic nitrogens is 1. The highest BCUT2D eigenvalue weighted by atomic mass is 32.1. The van der Waals surface area contributed by atoms with Gasteiger partial charge < -0.3 is 9.84 Å². The Balaban J connectivity index is 2.31. The van der Waals surface area contributed by atoms with Crippen LogP contribution in [-0.2, 0) is 16.0 Å². The van der Waals surface area contributed by atoms with E-state index >= 15 is 0 Å². The topological polar surface area (TPSA) is 59.4 Å². The zero-order valence-corrected chi connectivity index (χ0v) is 12.0. The third-order valence-corrected chi connectivity index (χ3v) is 3.37. The number of carbonyl (C=O) groups is 1. The average molecular weight is 301 g/mol. The first-order valence-corrected chi connectivity index (χ1v) is 6.67. The number of nitrogens with zero attached hydrogens (tertiary/aromatic N) is 1. The van der Waals surface area contributed by atoms with Gasteiger partial charge in [-0.3, -0.25) is 4.79 Å². The predicted molar refractivity (Wildman–Crippen MR) is 70.7 cm³/mol. The van der Waals surface area contributed by atoms with Crippen LogP contribution in [0.2, 0.25) is 0 Å². The molecule has 0 atom stereocenters. The number of benzene rings is 1. The van der Waals surface area contributed by atoms with Crippen molar-refractivity contribution in [1.82, 2.24) is 4.98 Å². The second-order valence-corrected chi connectivity index (χ2v) is 6.32. The summed E-state index contributed by atoms with van der Waals surface area (Å²) in [6, 6.07) is 0.590. The van der Waals surface area contributed by atoms with Crippen LogP contribution in [0.15, 0.2) is 6.07 Å². The number of thiazole rings is 1. The van der Waals surface area contributed by atoms with Crippen LogP contribution in [0.25, 0.3) is 10.2 Å². The lowest BCUT2D eigenvalue weighted by Gasteiger charge is -2.18. The third-order valence-electron chi connectivity index (χ3n) is 2.31. The molecule has 2 rings (SSSR count). The van der Waals surface area contributed by atoms with Crippen molar-refractivity contribution < 1.29 is 23.4 Å². The zero-order valence-electron chi connectivity index (χ0n) is 11.2. The van der Waals surface area contributed by atoms with E-state index in [0.717, 1.165) is 11.3 Å². The van der Waals surface area contributed by atoms with Gasteiger partial charge in [-0.2, -0.15) is 0 Å². The van der Waals surface area contributed by atoms with Gasteiger partial charge in [-0.15, -0.1) is 11.3 Å². The molecule has 0 bridgehead atoms. The Hall–Kier alpha value is -1.76. The number of phenols is 1. The Bertz CT molecular complexity index is 676. The number of hydrogen-bond acceptors (Lipinski definition) is 5. The number of hydrogen-bond donors (Lipinski definition) is 1. The Kier molecular flexibility index (Phi) is 3.64. The minimum atomic E-state index is -1.08. The second kappa shape index (κ2) is 4.97. The number of esters is 1. The maximum Gasteiger partial charge on any atom is 0.313 e. The molecule has 7 heteroatoms. The molecule has 0 spiro atoms. The minimum absolute atomic E-state index is 0.0162. The summed E-state index contributed by atoms with van der Waals surface area (Å²) in [6.45, 7) is 5.18. The van der Waals surface area contributed by atoms with Gasteiger partial charge in [0.15, 0.2) is 11.6 Å². The molecule has 1 heterocycles. The molecule has 20 heavy (non-hydrogen) atoms. The van der Waals surface area contributed by atoms with Crippen molar-refractivity contribution in [2.75, 3.05) is 0 Å². The van der Waals surface area contributed by atoms with E-state index in [2.05, 4.69) is 4.98 Å². The van der Waals surface area contributed by atoms with Crippen LogP contribution in [0.5, 0.6) is 5.75 Å². The standard InChI is InChI=1S/C13H13F2NO3S/c1-13(2,3)19-9(17)5-8-16-10-11(18)6(14)4-7(15)12(10)20-8/h4,18H,5H2,1-3H3. The average Bonchev–Trinajstić information content (AvgIpc) is 2.67. The Morgan fingerprint density at radius 2 is 2.05 bits per heavy atom. The van der Waals surface area contributed by atoms with Crippen LogP contribution >= 0.6 is 11.3 Å². The number of carbonyl (C=O) groups excluding carboxylic acids is 1. The van der Waals surface area contributed by atoms with Crippen molar-refractivity contribution >= 4 is 27.5 Å². The van der Waals surface area contributed by atoms with E-state index in [1.54, 1.807) is 20.8 Å². The molecular weight excluding hydrogens is 288 g/mol. The quantitative estimate of drug-likeness (QED) is 0.866. The van der Waals surface area contributed by atoms with Crippen LogP contribution in [0, 0.1) is 11.6 Å². The number of ether oxygens (including phenoxy) is 1. The van der Waals surface area contributed by atoms with Gasteiger partial charge in [-0.1, -0.05) is 0 Å². The summed E-state index contributed by atoms with van der Waals surface area (Å²) in [4.78, 5) is 15.5. The van der Waals surface area contributed by atoms with E-state index in [0.29, 0.717) is 6.07 Å². The van der Waals surface area contributed by atoms with Crippen molar-refractivity contribution in [3.63, 3.8) is 0 Å². The monoisotopic (exact) mass is 301 g/mol. The Morgan fingerprint density at radius 3 is 2.65 bits per heavy atom. The Morgan fingerprint density at radius 1 is 1.40 bits per heavy atom. The van der Waals surface area contributed by atoms with Crippen molar-refractivity contribution in [2.45, 2.75) is 32.8 Å². The van der Waals surface area contributed by atoms with Gasteiger partial charge in [0.2, 0.25) is 0 Å². The first-order valence-electron chi connectivity index (χ1n) is 5.85. The summed E-state index contributed by atoms with van der Waals surface area (Å²) < 4.78 is 31.9. The summed E-state index contributed by atoms with van der Waals surface area (Å²) in [5, 5.41) is 9.76. The lowest BCUT2D eigenvalue weighted by Crippen LogP contribution is -2.24. The van der Waals surface area contributed by atoms with E-state index in [4.69, 9.17) is 4.74 Å². The lowest BCUT2D eigenvalue weighted by molar-refractivity contribution is -0.153. The summed E-state index contributed by atoms with van der Waals surface area (Å²) in [5.41, 5.74) is -0.807. The van der Waals surface area contributed by atoms with Gasteiger partial charge in [0, 0.05) is 6.07 Å². The third kappa shape index (κ3) is 3.04. The van der Waals surface area contributed by atoms with Crippen molar-refractivity contribution in [1.29, 1.82) is 0 Å². The van der Waals surface area contributed by atoms with E-state index < -0.39 is 29.0 Å². The van der Waals surface area contributed by atoms with Crippen LogP contribution in [0.4, 0.5) is 8.78 Å². The Labute approximate surface area is 118 Å². The summed E-state index contributed by atoms with van der Waals surface area (Å²) in [6.07, 6.45) is -0.156. The van der Waals surface area contributed by atoms with Crippen LogP contribution in [0.1, 0.15) is 25.8 Å². The molecule has 0 amide bonds. The molecule has 1 N–H and O–H groups in total. The molecule has 108 valence electrons. The molecule has 0 unspecified atom stereocenters. The molecule has 0 aliphatic rings. The van der Waals surface area contributed by atoms with Gasteiger partial charge in [0.25, 0.3) is 0 Å². The molecule has 0 saturated heterocycles. The number of phenolic OH excluding ortho intramolecular Hbond substituents is 1. The normalized spacial score (nSPS) is 11.8. The minimum Gasteiger partial charge on any atom is -0.503 e. The molecule has 0 fully saturated rings. The largest absolute Gasteiger partial charge is 0.503 e. The predicted octanol–water partition coefficient (Wildman–Crippen LogP) is 3.16. The summed E-state index contributed by atoms with van der Waals surface area (Å²) in [5.74, 6) is -3.13. The summed E-state index contributed by atoms with van der Waals surface area (Å²) >= 11 is 0.887. The maximum atomic E-state index is 13.6. The van der Waals surface area contributed by atoms with Gasteiger partial charge in [-0.05, 0) is 20.8 Å². The van der Waals surface area contributed by atoms with Crippen LogP contribution in [0.3, 0.4) is 0 Å². The SMILES string of the molecule is CC(C)(C)OC(=O)Cc1nc2c(O)c(F)cc(F)c2s1. The first kappa shape index (κ1) is 14.6. The number of halogens is 2. The molecule has 4 nitrogen and oxygen atoms in total. The van der Waals surface area contributed by atoms with Crippen molar-refractivity contribution in [2.24, 2.45) is 0 Å². The highest BCUT2D eigenvalue weighted by Crippen LogP contribution is 2.33. The highest BCUT2D eigenvalue weighted by molar-refractivity contribution is 7.18. The number of rotatable bonds is 2. The molecule has 1 aromatic heterocycles.